The van der Waals surface area contributed by atoms with Crippen LogP contribution in [0.25, 0.3) is 0 Å². The zero-order valence-corrected chi connectivity index (χ0v) is 8.86. The molecule has 0 unspecified atom stereocenters. The summed E-state index contributed by atoms with van der Waals surface area (Å²) in [5.74, 6) is 1.24. The Morgan fingerprint density at radius 1 is 1.47 bits per heavy atom. The smallest absolute Gasteiger partial charge is 0.213 e. The predicted octanol–water partition coefficient (Wildman–Crippen LogP) is 2.61. The lowest BCUT2D eigenvalue weighted by molar-refractivity contribution is 0.285. The number of aromatic nitrogens is 2. The van der Waals surface area contributed by atoms with Crippen LogP contribution < -0.4 is 4.74 Å². The molecule has 0 radical (unpaired) electrons. The normalized spacial score (nSPS) is 10.3. The number of nitrogens with zero attached hydrogens (tertiary/aromatic N) is 2. The van der Waals surface area contributed by atoms with Gasteiger partial charge >= 0.3 is 0 Å². The molecule has 0 N–H and O–H groups in total. The highest BCUT2D eigenvalue weighted by molar-refractivity contribution is 6.30. The molecule has 0 amide bonds. The van der Waals surface area contributed by atoms with Crippen molar-refractivity contribution in [1.82, 2.24) is 10.1 Å². The molecule has 15 heavy (non-hydrogen) atoms. The second-order valence-electron chi connectivity index (χ2n) is 3.05. The van der Waals surface area contributed by atoms with Crippen LogP contribution >= 0.6 is 11.6 Å². The van der Waals surface area contributed by atoms with Gasteiger partial charge in [0, 0.05) is 5.02 Å². The molecular formula is C10H9ClN2O2. The Morgan fingerprint density at radius 2 is 2.33 bits per heavy atom. The van der Waals surface area contributed by atoms with Gasteiger partial charge < -0.3 is 9.26 Å². The van der Waals surface area contributed by atoms with Crippen molar-refractivity contribution >= 4 is 11.6 Å². The van der Waals surface area contributed by atoms with Crippen LogP contribution in [0, 0.1) is 6.92 Å². The van der Waals surface area contributed by atoms with Crippen LogP contribution in [-0.4, -0.2) is 10.1 Å². The zero-order chi connectivity index (χ0) is 10.7. The molecule has 0 aliphatic heterocycles. The van der Waals surface area contributed by atoms with Gasteiger partial charge in [0.15, 0.2) is 6.61 Å². The number of benzene rings is 1. The molecule has 1 aromatic carbocycles. The Kier molecular flexibility index (Phi) is 2.87. The molecule has 1 aromatic heterocycles. The first-order chi connectivity index (χ1) is 7.25. The topological polar surface area (TPSA) is 48.2 Å². The summed E-state index contributed by atoms with van der Waals surface area (Å²) < 4.78 is 10.1. The zero-order valence-electron chi connectivity index (χ0n) is 8.11. The summed E-state index contributed by atoms with van der Waals surface area (Å²) in [4.78, 5) is 3.85. The van der Waals surface area contributed by atoms with E-state index in [1.165, 1.54) is 6.39 Å². The molecule has 1 heterocycles. The van der Waals surface area contributed by atoms with E-state index in [9.17, 15) is 0 Å². The van der Waals surface area contributed by atoms with Gasteiger partial charge in [-0.2, -0.15) is 4.98 Å². The molecule has 0 saturated heterocycles. The molecule has 4 nitrogen and oxygen atoms in total. The number of hydrogen-bond acceptors (Lipinski definition) is 4. The van der Waals surface area contributed by atoms with Crippen molar-refractivity contribution in [3.63, 3.8) is 0 Å². The lowest BCUT2D eigenvalue weighted by Gasteiger charge is -2.06. The predicted molar refractivity (Wildman–Crippen MR) is 54.8 cm³/mol. The highest BCUT2D eigenvalue weighted by Crippen LogP contribution is 2.22. The largest absolute Gasteiger partial charge is 0.485 e. The molecule has 0 bridgehead atoms. The van der Waals surface area contributed by atoms with E-state index in [-0.39, 0.29) is 6.61 Å². The number of halogens is 1. The van der Waals surface area contributed by atoms with Crippen molar-refractivity contribution in [3.8, 4) is 5.75 Å². The number of hydrogen-bond donors (Lipinski definition) is 0. The van der Waals surface area contributed by atoms with Gasteiger partial charge in [-0.15, -0.1) is 0 Å². The van der Waals surface area contributed by atoms with Gasteiger partial charge in [0.25, 0.3) is 0 Å². The first-order valence-corrected chi connectivity index (χ1v) is 4.78. The van der Waals surface area contributed by atoms with Crippen LogP contribution in [0.4, 0.5) is 0 Å². The Morgan fingerprint density at radius 3 is 3.07 bits per heavy atom. The third-order valence-corrected chi connectivity index (χ3v) is 2.15. The van der Waals surface area contributed by atoms with Gasteiger partial charge in [-0.1, -0.05) is 22.8 Å². The Balaban J connectivity index is 2.07. The first-order valence-electron chi connectivity index (χ1n) is 4.40. The van der Waals surface area contributed by atoms with Gasteiger partial charge in [-0.25, -0.2) is 0 Å². The monoisotopic (exact) mass is 224 g/mol. The van der Waals surface area contributed by atoms with E-state index < -0.39 is 0 Å². The van der Waals surface area contributed by atoms with Gasteiger partial charge in [0.1, 0.15) is 5.75 Å². The van der Waals surface area contributed by atoms with Gasteiger partial charge in [-0.3, -0.25) is 0 Å². The van der Waals surface area contributed by atoms with Crippen molar-refractivity contribution < 1.29 is 9.26 Å². The van der Waals surface area contributed by atoms with Crippen molar-refractivity contribution in [1.29, 1.82) is 0 Å². The van der Waals surface area contributed by atoms with E-state index >= 15 is 0 Å². The highest BCUT2D eigenvalue weighted by Gasteiger charge is 2.03. The number of ether oxygens (including phenoxy) is 1. The third kappa shape index (κ3) is 2.47. The van der Waals surface area contributed by atoms with Gasteiger partial charge in [-0.05, 0) is 24.6 Å². The van der Waals surface area contributed by atoms with Crippen LogP contribution in [0.5, 0.6) is 5.75 Å². The SMILES string of the molecule is Cc1ccc(Cl)cc1OCc1ncon1. The molecule has 78 valence electrons. The number of aryl methyl sites for hydroxylation is 1. The molecule has 0 spiro atoms. The van der Waals surface area contributed by atoms with E-state index in [1.807, 2.05) is 19.1 Å². The maximum absolute atomic E-state index is 5.85. The number of rotatable bonds is 3. The molecule has 0 aliphatic rings. The first kappa shape index (κ1) is 9.98. The molecule has 2 rings (SSSR count). The van der Waals surface area contributed by atoms with Crippen molar-refractivity contribution in [2.24, 2.45) is 0 Å². The molecule has 0 saturated carbocycles. The minimum atomic E-state index is 0.275. The maximum Gasteiger partial charge on any atom is 0.213 e. The van der Waals surface area contributed by atoms with Crippen molar-refractivity contribution in [3.05, 3.63) is 41.0 Å². The summed E-state index contributed by atoms with van der Waals surface area (Å²) in [5.41, 5.74) is 1.02. The van der Waals surface area contributed by atoms with Crippen LogP contribution in [0.15, 0.2) is 29.1 Å². The molecule has 0 aliphatic carbocycles. The maximum atomic E-state index is 5.85. The summed E-state index contributed by atoms with van der Waals surface area (Å²) in [6.07, 6.45) is 1.27. The molecule has 5 heteroatoms. The van der Waals surface area contributed by atoms with Gasteiger partial charge in [0.05, 0.1) is 0 Å². The van der Waals surface area contributed by atoms with E-state index in [0.29, 0.717) is 10.8 Å². The Bertz CT molecular complexity index is 443. The highest BCUT2D eigenvalue weighted by atomic mass is 35.5. The second kappa shape index (κ2) is 4.31. The van der Waals surface area contributed by atoms with Crippen LogP contribution in [-0.2, 0) is 6.61 Å². The molecule has 0 atom stereocenters. The Labute approximate surface area is 91.8 Å². The fourth-order valence-electron chi connectivity index (χ4n) is 1.13. The molecular weight excluding hydrogens is 216 g/mol. The van der Waals surface area contributed by atoms with E-state index in [1.54, 1.807) is 6.07 Å². The van der Waals surface area contributed by atoms with E-state index in [4.69, 9.17) is 16.3 Å². The second-order valence-corrected chi connectivity index (χ2v) is 3.48. The third-order valence-electron chi connectivity index (χ3n) is 1.91. The summed E-state index contributed by atoms with van der Waals surface area (Å²) in [6, 6.07) is 5.48. The van der Waals surface area contributed by atoms with Crippen molar-refractivity contribution in [2.45, 2.75) is 13.5 Å². The summed E-state index contributed by atoms with van der Waals surface area (Å²) >= 11 is 5.85. The van der Waals surface area contributed by atoms with Crippen LogP contribution in [0.1, 0.15) is 11.4 Å². The van der Waals surface area contributed by atoms with Crippen LogP contribution in [0.3, 0.4) is 0 Å². The standard InChI is InChI=1S/C10H9ClN2O2/c1-7-2-3-8(11)4-9(7)14-5-10-12-6-15-13-10/h2-4,6H,5H2,1H3. The van der Waals surface area contributed by atoms with Crippen LogP contribution in [0.2, 0.25) is 5.02 Å². The fraction of sp³-hybridized carbons (Fsp3) is 0.200. The molecule has 0 fully saturated rings. The van der Waals surface area contributed by atoms with E-state index in [0.717, 1.165) is 11.3 Å². The fourth-order valence-corrected chi connectivity index (χ4v) is 1.29. The summed E-state index contributed by atoms with van der Waals surface area (Å²) in [7, 11) is 0. The average Bonchev–Trinajstić information content (AvgIpc) is 2.72. The van der Waals surface area contributed by atoms with Gasteiger partial charge in [0.2, 0.25) is 12.2 Å². The minimum absolute atomic E-state index is 0.275. The van der Waals surface area contributed by atoms with E-state index in [2.05, 4.69) is 14.7 Å². The lowest BCUT2D eigenvalue weighted by Crippen LogP contribution is -1.98. The minimum Gasteiger partial charge on any atom is -0.485 e. The lowest BCUT2D eigenvalue weighted by atomic mass is 10.2. The quantitative estimate of drug-likeness (QED) is 0.804. The Hall–Kier alpha value is -1.55. The molecule has 2 aromatic rings. The average molecular weight is 225 g/mol. The summed E-state index contributed by atoms with van der Waals surface area (Å²) in [6.45, 7) is 2.22. The summed E-state index contributed by atoms with van der Waals surface area (Å²) in [5, 5.41) is 4.28. The van der Waals surface area contributed by atoms with Crippen molar-refractivity contribution in [2.75, 3.05) is 0 Å².